The maximum absolute atomic E-state index is 4.40. The van der Waals surface area contributed by atoms with E-state index in [0.29, 0.717) is 11.7 Å². The van der Waals surface area contributed by atoms with Crippen molar-refractivity contribution >= 4 is 12.6 Å². The average molecular weight is 196 g/mol. The van der Waals surface area contributed by atoms with Crippen molar-refractivity contribution in [1.82, 2.24) is 9.97 Å². The van der Waals surface area contributed by atoms with Crippen molar-refractivity contribution in [3.63, 3.8) is 0 Å². The summed E-state index contributed by atoms with van der Waals surface area (Å²) in [6.45, 7) is 6.38. The molecule has 0 aliphatic carbocycles. The van der Waals surface area contributed by atoms with E-state index >= 15 is 0 Å². The number of thiol groups is 1. The summed E-state index contributed by atoms with van der Waals surface area (Å²) in [7, 11) is 0. The van der Waals surface area contributed by atoms with E-state index in [4.69, 9.17) is 0 Å². The zero-order valence-electron chi connectivity index (χ0n) is 8.41. The van der Waals surface area contributed by atoms with Crippen LogP contribution >= 0.6 is 12.6 Å². The summed E-state index contributed by atoms with van der Waals surface area (Å²) < 4.78 is 0. The molecule has 0 N–H and O–H groups in total. The lowest BCUT2D eigenvalue weighted by atomic mass is 10.1. The summed E-state index contributed by atoms with van der Waals surface area (Å²) in [6.07, 6.45) is 1.02. The quantitative estimate of drug-likeness (QED) is 0.751. The van der Waals surface area contributed by atoms with Gasteiger partial charge in [-0.3, -0.25) is 0 Å². The second-order valence-corrected chi connectivity index (χ2v) is 3.99. The van der Waals surface area contributed by atoms with Crippen molar-refractivity contribution in [1.29, 1.82) is 0 Å². The maximum Gasteiger partial charge on any atom is 0.138 e. The lowest BCUT2D eigenvalue weighted by Crippen LogP contribution is -2.02. The van der Waals surface area contributed by atoms with Crippen molar-refractivity contribution < 1.29 is 0 Å². The minimum Gasteiger partial charge on any atom is -0.237 e. The van der Waals surface area contributed by atoms with Crippen LogP contribution < -0.4 is 0 Å². The normalized spacial score (nSPS) is 10.8. The van der Waals surface area contributed by atoms with Crippen LogP contribution in [0.4, 0.5) is 0 Å². The van der Waals surface area contributed by atoms with Gasteiger partial charge in [-0.1, -0.05) is 13.8 Å². The molecule has 3 heteroatoms. The molecule has 1 aromatic rings. The molecule has 1 rings (SSSR count). The van der Waals surface area contributed by atoms with E-state index in [1.54, 1.807) is 0 Å². The molecular formula is C10H16N2S. The van der Waals surface area contributed by atoms with Gasteiger partial charge in [-0.15, -0.1) is 0 Å². The molecule has 0 unspecified atom stereocenters. The lowest BCUT2D eigenvalue weighted by Gasteiger charge is -2.06. The van der Waals surface area contributed by atoms with Gasteiger partial charge >= 0.3 is 0 Å². The molecule has 0 bridgehead atoms. The van der Waals surface area contributed by atoms with E-state index in [9.17, 15) is 0 Å². The van der Waals surface area contributed by atoms with Gasteiger partial charge in [-0.25, -0.2) is 9.97 Å². The Morgan fingerprint density at radius 1 is 1.38 bits per heavy atom. The molecule has 13 heavy (non-hydrogen) atoms. The van der Waals surface area contributed by atoms with Crippen LogP contribution in [0.1, 0.15) is 31.1 Å². The van der Waals surface area contributed by atoms with Crippen LogP contribution in [-0.4, -0.2) is 9.97 Å². The number of rotatable bonds is 3. The molecule has 0 aromatic carbocycles. The molecule has 0 amide bonds. The highest BCUT2D eigenvalue weighted by molar-refractivity contribution is 7.79. The summed E-state index contributed by atoms with van der Waals surface area (Å²) in [5, 5.41) is 0. The van der Waals surface area contributed by atoms with E-state index < -0.39 is 0 Å². The second-order valence-electron chi connectivity index (χ2n) is 3.67. The zero-order chi connectivity index (χ0) is 9.84. The molecule has 2 nitrogen and oxygen atoms in total. The fourth-order valence-electron chi connectivity index (χ4n) is 1.29. The van der Waals surface area contributed by atoms with E-state index in [0.717, 1.165) is 23.6 Å². The molecule has 0 aliphatic heterocycles. The third-order valence-corrected chi connectivity index (χ3v) is 2.00. The van der Waals surface area contributed by atoms with Crippen LogP contribution in [0, 0.1) is 12.8 Å². The first-order valence-corrected chi connectivity index (χ1v) is 5.19. The molecule has 0 atom stereocenters. The Kier molecular flexibility index (Phi) is 3.72. The van der Waals surface area contributed by atoms with Crippen molar-refractivity contribution in [3.05, 3.63) is 23.3 Å². The molecule has 0 saturated heterocycles. The summed E-state index contributed by atoms with van der Waals surface area (Å²) in [4.78, 5) is 8.68. The lowest BCUT2D eigenvalue weighted by molar-refractivity contribution is 0.631. The smallest absolute Gasteiger partial charge is 0.138 e. The summed E-state index contributed by atoms with van der Waals surface area (Å²) >= 11 is 4.17. The molecule has 0 spiro atoms. The molecule has 0 fully saturated rings. The molecule has 0 radical (unpaired) electrons. The third kappa shape index (κ3) is 3.35. The standard InChI is InChI=1S/C10H16N2S/c1-7(2)4-9-5-8(3)11-10(6-13)12-9/h5,7,13H,4,6H2,1-3H3. The van der Waals surface area contributed by atoms with Gasteiger partial charge in [-0.2, -0.15) is 12.6 Å². The predicted octanol–water partition coefficient (Wildman–Crippen LogP) is 2.41. The summed E-state index contributed by atoms with van der Waals surface area (Å²) in [5.74, 6) is 2.09. The Morgan fingerprint density at radius 2 is 2.08 bits per heavy atom. The van der Waals surface area contributed by atoms with Gasteiger partial charge in [0.05, 0.1) is 5.75 Å². The minimum absolute atomic E-state index is 0.618. The zero-order valence-corrected chi connectivity index (χ0v) is 9.30. The van der Waals surface area contributed by atoms with Crippen LogP contribution in [0.3, 0.4) is 0 Å². The van der Waals surface area contributed by atoms with Crippen LogP contribution in [-0.2, 0) is 12.2 Å². The van der Waals surface area contributed by atoms with Gasteiger partial charge in [0.15, 0.2) is 0 Å². The Labute approximate surface area is 85.2 Å². The highest BCUT2D eigenvalue weighted by Crippen LogP contribution is 2.08. The van der Waals surface area contributed by atoms with Gasteiger partial charge < -0.3 is 0 Å². The van der Waals surface area contributed by atoms with Gasteiger partial charge in [0.25, 0.3) is 0 Å². The van der Waals surface area contributed by atoms with Gasteiger partial charge in [-0.05, 0) is 25.3 Å². The fraction of sp³-hybridized carbons (Fsp3) is 0.600. The third-order valence-electron chi connectivity index (χ3n) is 1.71. The number of aryl methyl sites for hydroxylation is 1. The van der Waals surface area contributed by atoms with Gasteiger partial charge in [0.1, 0.15) is 5.82 Å². The average Bonchev–Trinajstić information content (AvgIpc) is 2.01. The number of aromatic nitrogens is 2. The fourth-order valence-corrected chi connectivity index (χ4v) is 1.43. The van der Waals surface area contributed by atoms with E-state index in [1.807, 2.05) is 13.0 Å². The van der Waals surface area contributed by atoms with Crippen LogP contribution in [0.15, 0.2) is 6.07 Å². The summed E-state index contributed by atoms with van der Waals surface area (Å²) in [6, 6.07) is 2.05. The monoisotopic (exact) mass is 196 g/mol. The molecule has 0 saturated carbocycles. The molecule has 1 heterocycles. The molecule has 1 aromatic heterocycles. The van der Waals surface area contributed by atoms with Crippen LogP contribution in [0.25, 0.3) is 0 Å². The minimum atomic E-state index is 0.618. The summed E-state index contributed by atoms with van der Waals surface area (Å²) in [5.41, 5.74) is 2.17. The van der Waals surface area contributed by atoms with E-state index in [2.05, 4.69) is 36.4 Å². The van der Waals surface area contributed by atoms with Crippen molar-refractivity contribution in [3.8, 4) is 0 Å². The van der Waals surface area contributed by atoms with Crippen LogP contribution in [0.2, 0.25) is 0 Å². The molecule has 0 aliphatic rings. The van der Waals surface area contributed by atoms with Gasteiger partial charge in [0, 0.05) is 11.4 Å². The number of nitrogens with zero attached hydrogens (tertiary/aromatic N) is 2. The van der Waals surface area contributed by atoms with Crippen LogP contribution in [0.5, 0.6) is 0 Å². The highest BCUT2D eigenvalue weighted by Gasteiger charge is 2.02. The van der Waals surface area contributed by atoms with Crippen molar-refractivity contribution in [2.45, 2.75) is 32.9 Å². The van der Waals surface area contributed by atoms with E-state index in [-0.39, 0.29) is 0 Å². The van der Waals surface area contributed by atoms with Gasteiger partial charge in [0.2, 0.25) is 0 Å². The first-order chi connectivity index (χ1) is 6.11. The second kappa shape index (κ2) is 4.61. The van der Waals surface area contributed by atoms with Crippen molar-refractivity contribution in [2.75, 3.05) is 0 Å². The molecule has 72 valence electrons. The SMILES string of the molecule is Cc1cc(CC(C)C)nc(CS)n1. The first-order valence-electron chi connectivity index (χ1n) is 4.56. The maximum atomic E-state index is 4.40. The topological polar surface area (TPSA) is 25.8 Å². The van der Waals surface area contributed by atoms with E-state index in [1.165, 1.54) is 0 Å². The Bertz CT molecular complexity index is 284. The Hall–Kier alpha value is -0.570. The predicted molar refractivity (Wildman–Crippen MR) is 58.0 cm³/mol. The van der Waals surface area contributed by atoms with Crippen molar-refractivity contribution in [2.24, 2.45) is 5.92 Å². The Balaban J connectivity index is 2.88. The molecular weight excluding hydrogens is 180 g/mol. The number of hydrogen-bond acceptors (Lipinski definition) is 3. The highest BCUT2D eigenvalue weighted by atomic mass is 32.1. The largest absolute Gasteiger partial charge is 0.237 e. The number of hydrogen-bond donors (Lipinski definition) is 1. The first kappa shape index (κ1) is 10.5. The Morgan fingerprint density at radius 3 is 2.62 bits per heavy atom.